The first-order valence-corrected chi connectivity index (χ1v) is 6.81. The van der Waals surface area contributed by atoms with E-state index in [2.05, 4.69) is 15.2 Å². The monoisotopic (exact) mass is 283 g/mol. The van der Waals surface area contributed by atoms with Crippen LogP contribution in [0.4, 0.5) is 0 Å². The minimum Gasteiger partial charge on any atom is -0.465 e. The predicted molar refractivity (Wildman–Crippen MR) is 72.9 cm³/mol. The van der Waals surface area contributed by atoms with Gasteiger partial charge in [-0.3, -0.25) is 9.69 Å². The number of pyridine rings is 1. The van der Waals surface area contributed by atoms with Gasteiger partial charge in [-0.1, -0.05) is 17.7 Å². The van der Waals surface area contributed by atoms with Gasteiger partial charge in [0.25, 0.3) is 0 Å². The minimum absolute atomic E-state index is 0.184. The lowest BCUT2D eigenvalue weighted by Crippen LogP contribution is -2.54. The van der Waals surface area contributed by atoms with E-state index in [-0.39, 0.29) is 12.0 Å². The standard InChI is InChI=1S/C13H18ClN3O2/c1-2-19-13(18)11-8-15-6-7-17(11)9-10-4-3-5-12(14)16-10/h3-5,11,15H,2,6-9H2,1H3. The molecule has 0 amide bonds. The summed E-state index contributed by atoms with van der Waals surface area (Å²) in [7, 11) is 0. The molecule has 2 rings (SSSR count). The molecular weight excluding hydrogens is 266 g/mol. The molecule has 1 unspecified atom stereocenters. The van der Waals surface area contributed by atoms with Crippen molar-refractivity contribution in [1.82, 2.24) is 15.2 Å². The van der Waals surface area contributed by atoms with Gasteiger partial charge in [0.15, 0.2) is 0 Å². The van der Waals surface area contributed by atoms with Crippen molar-refractivity contribution >= 4 is 17.6 Å². The Kier molecular flexibility index (Phi) is 5.13. The lowest BCUT2D eigenvalue weighted by molar-refractivity contribution is -0.150. The van der Waals surface area contributed by atoms with Gasteiger partial charge in [0.2, 0.25) is 0 Å². The van der Waals surface area contributed by atoms with Crippen molar-refractivity contribution in [3.05, 3.63) is 29.0 Å². The number of ether oxygens (including phenoxy) is 1. The molecule has 6 heteroatoms. The fourth-order valence-electron chi connectivity index (χ4n) is 2.15. The molecule has 19 heavy (non-hydrogen) atoms. The number of nitrogens with zero attached hydrogens (tertiary/aromatic N) is 2. The Hall–Kier alpha value is -1.17. The molecule has 0 aliphatic carbocycles. The number of carbonyl (C=O) groups excluding carboxylic acids is 1. The van der Waals surface area contributed by atoms with Crippen molar-refractivity contribution < 1.29 is 9.53 Å². The minimum atomic E-state index is -0.255. The number of piperazine rings is 1. The topological polar surface area (TPSA) is 54.5 Å². The van der Waals surface area contributed by atoms with E-state index in [0.717, 1.165) is 18.8 Å². The lowest BCUT2D eigenvalue weighted by atomic mass is 10.2. The van der Waals surface area contributed by atoms with Crippen LogP contribution in [0.3, 0.4) is 0 Å². The molecule has 1 fully saturated rings. The summed E-state index contributed by atoms with van der Waals surface area (Å²) in [6.45, 7) is 5.08. The molecule has 1 aromatic rings. The van der Waals surface area contributed by atoms with Gasteiger partial charge in [-0.15, -0.1) is 0 Å². The maximum atomic E-state index is 11.9. The summed E-state index contributed by atoms with van der Waals surface area (Å²) in [5.41, 5.74) is 0.865. The second kappa shape index (κ2) is 6.84. The van der Waals surface area contributed by atoms with Crippen LogP contribution in [-0.4, -0.2) is 48.1 Å². The van der Waals surface area contributed by atoms with Gasteiger partial charge in [-0.05, 0) is 19.1 Å². The Balaban J connectivity index is 2.05. The van der Waals surface area contributed by atoms with Crippen molar-refractivity contribution in [2.24, 2.45) is 0 Å². The number of rotatable bonds is 4. The van der Waals surface area contributed by atoms with Crippen molar-refractivity contribution in [2.75, 3.05) is 26.2 Å². The third kappa shape index (κ3) is 3.89. The van der Waals surface area contributed by atoms with Crippen LogP contribution in [0.1, 0.15) is 12.6 Å². The number of nitrogens with one attached hydrogen (secondary N) is 1. The summed E-state index contributed by atoms with van der Waals surface area (Å²) in [5.74, 6) is -0.184. The van der Waals surface area contributed by atoms with E-state index < -0.39 is 0 Å². The highest BCUT2D eigenvalue weighted by Crippen LogP contribution is 2.12. The molecule has 0 bridgehead atoms. The second-order valence-electron chi connectivity index (χ2n) is 4.39. The first kappa shape index (κ1) is 14.2. The van der Waals surface area contributed by atoms with E-state index in [1.807, 2.05) is 19.1 Å². The van der Waals surface area contributed by atoms with E-state index in [4.69, 9.17) is 16.3 Å². The Labute approximate surface area is 117 Å². The lowest BCUT2D eigenvalue weighted by Gasteiger charge is -2.34. The summed E-state index contributed by atoms with van der Waals surface area (Å²) in [5, 5.41) is 3.68. The van der Waals surface area contributed by atoms with Crippen LogP contribution < -0.4 is 5.32 Å². The molecule has 0 saturated carbocycles. The van der Waals surface area contributed by atoms with Crippen molar-refractivity contribution in [3.8, 4) is 0 Å². The smallest absolute Gasteiger partial charge is 0.324 e. The fourth-order valence-corrected chi connectivity index (χ4v) is 2.33. The average Bonchev–Trinajstić information content (AvgIpc) is 2.39. The number of esters is 1. The zero-order chi connectivity index (χ0) is 13.7. The summed E-state index contributed by atoms with van der Waals surface area (Å²) in [6.07, 6.45) is 0. The third-order valence-corrected chi connectivity index (χ3v) is 3.26. The molecule has 1 aliphatic rings. The number of hydrogen-bond acceptors (Lipinski definition) is 5. The van der Waals surface area contributed by atoms with Gasteiger partial charge in [-0.2, -0.15) is 0 Å². The van der Waals surface area contributed by atoms with Crippen LogP contribution in [0.25, 0.3) is 0 Å². The van der Waals surface area contributed by atoms with Crippen LogP contribution in [0.15, 0.2) is 18.2 Å². The van der Waals surface area contributed by atoms with E-state index in [1.54, 1.807) is 6.07 Å². The Morgan fingerprint density at radius 2 is 2.47 bits per heavy atom. The van der Waals surface area contributed by atoms with Crippen molar-refractivity contribution in [2.45, 2.75) is 19.5 Å². The number of carbonyl (C=O) groups is 1. The highest BCUT2D eigenvalue weighted by molar-refractivity contribution is 6.29. The normalized spacial score (nSPS) is 20.2. The van der Waals surface area contributed by atoms with Crippen LogP contribution in [0.2, 0.25) is 5.15 Å². The maximum Gasteiger partial charge on any atom is 0.324 e. The number of aromatic nitrogens is 1. The number of halogens is 1. The molecular formula is C13H18ClN3O2. The first-order valence-electron chi connectivity index (χ1n) is 6.43. The highest BCUT2D eigenvalue weighted by Gasteiger charge is 2.29. The number of hydrogen-bond donors (Lipinski definition) is 1. The Morgan fingerprint density at radius 3 is 3.21 bits per heavy atom. The van der Waals surface area contributed by atoms with Gasteiger partial charge in [0, 0.05) is 26.2 Å². The molecule has 1 aromatic heterocycles. The molecule has 0 spiro atoms. The van der Waals surface area contributed by atoms with Crippen molar-refractivity contribution in [1.29, 1.82) is 0 Å². The summed E-state index contributed by atoms with van der Waals surface area (Å²) in [6, 6.07) is 5.27. The fraction of sp³-hybridized carbons (Fsp3) is 0.538. The van der Waals surface area contributed by atoms with Crippen LogP contribution in [-0.2, 0) is 16.1 Å². The molecule has 104 valence electrons. The van der Waals surface area contributed by atoms with Gasteiger partial charge < -0.3 is 10.1 Å². The first-order chi connectivity index (χ1) is 9.20. The molecule has 1 aliphatic heterocycles. The van der Waals surface area contributed by atoms with Gasteiger partial charge in [-0.25, -0.2) is 4.98 Å². The SMILES string of the molecule is CCOC(=O)C1CNCCN1Cc1cccc(Cl)n1. The summed E-state index contributed by atoms with van der Waals surface area (Å²) in [4.78, 5) is 18.3. The Bertz CT molecular complexity index is 442. The molecule has 5 nitrogen and oxygen atoms in total. The Morgan fingerprint density at radius 1 is 1.63 bits per heavy atom. The van der Waals surface area contributed by atoms with Gasteiger partial charge in [0.05, 0.1) is 12.3 Å². The van der Waals surface area contributed by atoms with E-state index in [0.29, 0.717) is 24.8 Å². The molecule has 0 aromatic carbocycles. The summed E-state index contributed by atoms with van der Waals surface area (Å²) < 4.78 is 5.11. The predicted octanol–water partition coefficient (Wildman–Crippen LogP) is 1.07. The van der Waals surface area contributed by atoms with Crippen LogP contribution >= 0.6 is 11.6 Å². The molecule has 0 radical (unpaired) electrons. The van der Waals surface area contributed by atoms with E-state index in [1.165, 1.54) is 0 Å². The molecule has 1 atom stereocenters. The van der Waals surface area contributed by atoms with Crippen LogP contribution in [0, 0.1) is 0 Å². The van der Waals surface area contributed by atoms with Crippen molar-refractivity contribution in [3.63, 3.8) is 0 Å². The maximum absolute atomic E-state index is 11.9. The van der Waals surface area contributed by atoms with E-state index >= 15 is 0 Å². The quantitative estimate of drug-likeness (QED) is 0.662. The van der Waals surface area contributed by atoms with Gasteiger partial charge in [0.1, 0.15) is 11.2 Å². The largest absolute Gasteiger partial charge is 0.465 e. The highest BCUT2D eigenvalue weighted by atomic mass is 35.5. The zero-order valence-corrected chi connectivity index (χ0v) is 11.7. The second-order valence-corrected chi connectivity index (χ2v) is 4.78. The average molecular weight is 284 g/mol. The zero-order valence-electron chi connectivity index (χ0n) is 10.9. The van der Waals surface area contributed by atoms with Crippen LogP contribution in [0.5, 0.6) is 0 Å². The molecule has 1 N–H and O–H groups in total. The molecule has 1 saturated heterocycles. The molecule has 2 heterocycles. The van der Waals surface area contributed by atoms with Gasteiger partial charge >= 0.3 is 5.97 Å². The third-order valence-electron chi connectivity index (χ3n) is 3.05. The van der Waals surface area contributed by atoms with E-state index in [9.17, 15) is 4.79 Å². The summed E-state index contributed by atoms with van der Waals surface area (Å²) >= 11 is 5.88.